The number of rotatable bonds is 5. The average Bonchev–Trinajstić information content (AvgIpc) is 2.60. The number of hydrogen-bond acceptors (Lipinski definition) is 3. The van der Waals surface area contributed by atoms with Crippen LogP contribution in [0.3, 0.4) is 0 Å². The molecular formula is C19H21NO3. The molecule has 0 aliphatic heterocycles. The summed E-state index contributed by atoms with van der Waals surface area (Å²) in [5.74, 6) is 1.18. The molecule has 2 aromatic carbocycles. The molecule has 0 bridgehead atoms. The maximum atomic E-state index is 12.1. The van der Waals surface area contributed by atoms with Crippen molar-refractivity contribution in [1.29, 1.82) is 0 Å². The van der Waals surface area contributed by atoms with Gasteiger partial charge in [0, 0.05) is 0 Å². The van der Waals surface area contributed by atoms with E-state index in [1.54, 1.807) is 19.2 Å². The number of nitrogens with one attached hydrogen (secondary N) is 1. The van der Waals surface area contributed by atoms with Crippen LogP contribution in [-0.4, -0.2) is 19.6 Å². The fourth-order valence-electron chi connectivity index (χ4n) is 2.88. The van der Waals surface area contributed by atoms with Gasteiger partial charge in [0.15, 0.2) is 6.61 Å². The topological polar surface area (TPSA) is 47.6 Å². The zero-order chi connectivity index (χ0) is 16.1. The van der Waals surface area contributed by atoms with Crippen molar-refractivity contribution in [1.82, 2.24) is 0 Å². The largest absolute Gasteiger partial charge is 0.495 e. The first-order valence-corrected chi connectivity index (χ1v) is 7.94. The molecule has 1 N–H and O–H groups in total. The second-order valence-electron chi connectivity index (χ2n) is 5.67. The lowest BCUT2D eigenvalue weighted by atomic mass is 9.92. The van der Waals surface area contributed by atoms with Crippen LogP contribution in [0.15, 0.2) is 42.5 Å². The monoisotopic (exact) mass is 311 g/mol. The SMILES string of the molecule is COc1ccccc1NC(=O)COc1ccc2c(c1)CCCC2. The number of para-hydroxylation sites is 2. The van der Waals surface area contributed by atoms with Gasteiger partial charge in [-0.25, -0.2) is 0 Å². The normalized spacial score (nSPS) is 13.1. The lowest BCUT2D eigenvalue weighted by molar-refractivity contribution is -0.118. The Morgan fingerprint density at radius 3 is 2.70 bits per heavy atom. The van der Waals surface area contributed by atoms with E-state index in [4.69, 9.17) is 9.47 Å². The molecule has 2 aromatic rings. The van der Waals surface area contributed by atoms with E-state index in [1.165, 1.54) is 24.0 Å². The molecule has 0 heterocycles. The highest BCUT2D eigenvalue weighted by atomic mass is 16.5. The summed E-state index contributed by atoms with van der Waals surface area (Å²) >= 11 is 0. The van der Waals surface area contributed by atoms with Crippen molar-refractivity contribution in [2.45, 2.75) is 25.7 Å². The Bertz CT molecular complexity index is 697. The van der Waals surface area contributed by atoms with Gasteiger partial charge in [-0.15, -0.1) is 0 Å². The molecule has 0 saturated heterocycles. The van der Waals surface area contributed by atoms with Crippen molar-refractivity contribution in [2.75, 3.05) is 19.0 Å². The van der Waals surface area contributed by atoms with Gasteiger partial charge in [-0.3, -0.25) is 4.79 Å². The molecule has 23 heavy (non-hydrogen) atoms. The minimum atomic E-state index is -0.202. The number of carbonyl (C=O) groups excluding carboxylic acids is 1. The average molecular weight is 311 g/mol. The molecule has 0 unspecified atom stereocenters. The quantitative estimate of drug-likeness (QED) is 0.918. The number of hydrogen-bond donors (Lipinski definition) is 1. The smallest absolute Gasteiger partial charge is 0.262 e. The summed E-state index contributed by atoms with van der Waals surface area (Å²) in [6.07, 6.45) is 4.73. The lowest BCUT2D eigenvalue weighted by Crippen LogP contribution is -2.20. The molecular weight excluding hydrogens is 290 g/mol. The number of methoxy groups -OCH3 is 1. The van der Waals surface area contributed by atoms with Gasteiger partial charge in [0.1, 0.15) is 11.5 Å². The summed E-state index contributed by atoms with van der Waals surface area (Å²) in [5, 5.41) is 2.81. The van der Waals surface area contributed by atoms with E-state index >= 15 is 0 Å². The third-order valence-corrected chi connectivity index (χ3v) is 4.07. The van der Waals surface area contributed by atoms with E-state index < -0.39 is 0 Å². The number of aryl methyl sites for hydroxylation is 2. The third-order valence-electron chi connectivity index (χ3n) is 4.07. The molecule has 1 aliphatic rings. The molecule has 0 aromatic heterocycles. The fourth-order valence-corrected chi connectivity index (χ4v) is 2.88. The molecule has 0 radical (unpaired) electrons. The summed E-state index contributed by atoms with van der Waals surface area (Å²) in [7, 11) is 1.58. The number of amides is 1. The minimum Gasteiger partial charge on any atom is -0.495 e. The standard InChI is InChI=1S/C19H21NO3/c1-22-18-9-5-4-8-17(18)20-19(21)13-23-16-11-10-14-6-2-3-7-15(14)12-16/h4-5,8-12H,2-3,6-7,13H2,1H3,(H,20,21). The zero-order valence-electron chi connectivity index (χ0n) is 13.3. The predicted molar refractivity (Wildman–Crippen MR) is 90.2 cm³/mol. The first-order chi connectivity index (χ1) is 11.3. The van der Waals surface area contributed by atoms with Gasteiger partial charge in [-0.1, -0.05) is 18.2 Å². The molecule has 3 rings (SSSR count). The van der Waals surface area contributed by atoms with E-state index in [0.717, 1.165) is 18.6 Å². The molecule has 0 spiro atoms. The van der Waals surface area contributed by atoms with Crippen LogP contribution in [0.2, 0.25) is 0 Å². The van der Waals surface area contributed by atoms with E-state index in [-0.39, 0.29) is 12.5 Å². The zero-order valence-corrected chi connectivity index (χ0v) is 13.3. The summed E-state index contributed by atoms with van der Waals surface area (Å²) in [6, 6.07) is 13.4. The van der Waals surface area contributed by atoms with Crippen LogP contribution in [0.4, 0.5) is 5.69 Å². The highest BCUT2D eigenvalue weighted by molar-refractivity contribution is 5.93. The Kier molecular flexibility index (Phi) is 4.81. The first-order valence-electron chi connectivity index (χ1n) is 7.94. The van der Waals surface area contributed by atoms with Crippen LogP contribution < -0.4 is 14.8 Å². The van der Waals surface area contributed by atoms with Crippen molar-refractivity contribution in [3.8, 4) is 11.5 Å². The van der Waals surface area contributed by atoms with Crippen molar-refractivity contribution < 1.29 is 14.3 Å². The molecule has 120 valence electrons. The minimum absolute atomic E-state index is 0.0170. The third kappa shape index (κ3) is 3.83. The van der Waals surface area contributed by atoms with Gasteiger partial charge in [-0.05, 0) is 61.1 Å². The van der Waals surface area contributed by atoms with Gasteiger partial charge >= 0.3 is 0 Å². The Labute approximate surface area is 136 Å². The van der Waals surface area contributed by atoms with E-state index in [9.17, 15) is 4.79 Å². The summed E-state index contributed by atoms with van der Waals surface area (Å²) < 4.78 is 10.8. The molecule has 0 saturated carbocycles. The number of fused-ring (bicyclic) bond motifs is 1. The van der Waals surface area contributed by atoms with Crippen LogP contribution >= 0.6 is 0 Å². The van der Waals surface area contributed by atoms with E-state index in [2.05, 4.69) is 17.4 Å². The fraction of sp³-hybridized carbons (Fsp3) is 0.316. The van der Waals surface area contributed by atoms with Crippen LogP contribution in [0.25, 0.3) is 0 Å². The van der Waals surface area contributed by atoms with Gasteiger partial charge < -0.3 is 14.8 Å². The molecule has 1 aliphatic carbocycles. The Morgan fingerprint density at radius 2 is 1.87 bits per heavy atom. The summed E-state index contributed by atoms with van der Waals surface area (Å²) in [5.41, 5.74) is 3.40. The Morgan fingerprint density at radius 1 is 1.09 bits per heavy atom. The van der Waals surface area contributed by atoms with Gasteiger partial charge in [-0.2, -0.15) is 0 Å². The second kappa shape index (κ2) is 7.18. The van der Waals surface area contributed by atoms with Gasteiger partial charge in [0.05, 0.1) is 12.8 Å². The number of ether oxygens (including phenoxy) is 2. The molecule has 0 atom stereocenters. The number of anilines is 1. The van der Waals surface area contributed by atoms with Crippen LogP contribution in [0.1, 0.15) is 24.0 Å². The maximum absolute atomic E-state index is 12.1. The van der Waals surface area contributed by atoms with Crippen LogP contribution in [-0.2, 0) is 17.6 Å². The van der Waals surface area contributed by atoms with E-state index in [0.29, 0.717) is 11.4 Å². The van der Waals surface area contributed by atoms with Gasteiger partial charge in [0.25, 0.3) is 5.91 Å². The van der Waals surface area contributed by atoms with Crippen LogP contribution in [0, 0.1) is 0 Å². The van der Waals surface area contributed by atoms with Crippen molar-refractivity contribution in [3.63, 3.8) is 0 Å². The Hall–Kier alpha value is -2.49. The molecule has 0 fully saturated rings. The summed E-state index contributed by atoms with van der Waals surface area (Å²) in [6.45, 7) is -0.0170. The highest BCUT2D eigenvalue weighted by Crippen LogP contribution is 2.26. The van der Waals surface area contributed by atoms with Crippen LogP contribution in [0.5, 0.6) is 11.5 Å². The first kappa shape index (κ1) is 15.4. The Balaban J connectivity index is 1.58. The van der Waals surface area contributed by atoms with E-state index in [1.807, 2.05) is 18.2 Å². The van der Waals surface area contributed by atoms with Crippen molar-refractivity contribution >= 4 is 11.6 Å². The van der Waals surface area contributed by atoms with Crippen molar-refractivity contribution in [3.05, 3.63) is 53.6 Å². The second-order valence-corrected chi connectivity index (χ2v) is 5.67. The number of benzene rings is 2. The highest BCUT2D eigenvalue weighted by Gasteiger charge is 2.11. The number of carbonyl (C=O) groups is 1. The predicted octanol–water partition coefficient (Wildman–Crippen LogP) is 3.59. The molecule has 4 nitrogen and oxygen atoms in total. The lowest BCUT2D eigenvalue weighted by Gasteiger charge is -2.17. The van der Waals surface area contributed by atoms with Crippen molar-refractivity contribution in [2.24, 2.45) is 0 Å². The summed E-state index contributed by atoms with van der Waals surface area (Å²) in [4.78, 5) is 12.1. The van der Waals surface area contributed by atoms with Gasteiger partial charge in [0.2, 0.25) is 0 Å². The molecule has 4 heteroatoms. The molecule has 1 amide bonds. The maximum Gasteiger partial charge on any atom is 0.262 e.